The molecule has 2 rings (SSSR count). The largest absolute Gasteiger partial charge is 0.383 e. The molecule has 0 aliphatic rings. The van der Waals surface area contributed by atoms with Crippen molar-refractivity contribution >= 4 is 12.2 Å². The Morgan fingerprint density at radius 3 is 2.83 bits per heavy atom. The fraction of sp³-hybridized carbons (Fsp3) is 0.417. The molecule has 0 aliphatic carbocycles. The average Bonchev–Trinajstić information content (AvgIpc) is 2.68. The third-order valence-corrected chi connectivity index (χ3v) is 3.05. The van der Waals surface area contributed by atoms with Crippen molar-refractivity contribution in [1.82, 2.24) is 19.7 Å². The monoisotopic (exact) mass is 264 g/mol. The Balaban J connectivity index is 2.47. The molecule has 0 bridgehead atoms. The van der Waals surface area contributed by atoms with Crippen LogP contribution in [0.25, 0.3) is 11.4 Å². The number of aromatic amines is 1. The minimum absolute atomic E-state index is 0.596. The lowest BCUT2D eigenvalue weighted by Gasteiger charge is -2.08. The third kappa shape index (κ3) is 2.49. The van der Waals surface area contributed by atoms with E-state index in [1.54, 1.807) is 7.11 Å². The summed E-state index contributed by atoms with van der Waals surface area (Å²) in [6, 6.07) is 3.99. The first-order valence-corrected chi connectivity index (χ1v) is 6.13. The lowest BCUT2D eigenvalue weighted by atomic mass is 10.2. The first-order chi connectivity index (χ1) is 8.63. The van der Waals surface area contributed by atoms with E-state index in [1.165, 1.54) is 0 Å². The third-order valence-electron chi connectivity index (χ3n) is 2.74. The van der Waals surface area contributed by atoms with E-state index in [0.717, 1.165) is 22.8 Å². The Morgan fingerprint density at radius 1 is 1.39 bits per heavy atom. The Kier molecular flexibility index (Phi) is 3.88. The van der Waals surface area contributed by atoms with Gasteiger partial charge in [0, 0.05) is 24.1 Å². The summed E-state index contributed by atoms with van der Waals surface area (Å²) >= 11 is 5.22. The molecule has 18 heavy (non-hydrogen) atoms. The molecule has 0 aliphatic heterocycles. The highest BCUT2D eigenvalue weighted by Gasteiger charge is 2.11. The zero-order valence-corrected chi connectivity index (χ0v) is 11.5. The Bertz CT molecular complexity index is 602. The summed E-state index contributed by atoms with van der Waals surface area (Å²) in [5.74, 6) is 0.807. The maximum Gasteiger partial charge on any atom is 0.195 e. The quantitative estimate of drug-likeness (QED) is 0.861. The minimum atomic E-state index is 0.596. The van der Waals surface area contributed by atoms with Crippen LogP contribution in [-0.4, -0.2) is 33.5 Å². The standard InChI is InChI=1S/C12H16N4OS/c1-8-4-5-10(9(2)13-8)11-14-15-12(18)16(11)6-7-17-3/h4-5H,6-7H2,1-3H3,(H,15,18). The number of methoxy groups -OCH3 is 1. The summed E-state index contributed by atoms with van der Waals surface area (Å²) in [4.78, 5) is 4.45. The van der Waals surface area contributed by atoms with E-state index in [1.807, 2.05) is 30.5 Å². The maximum absolute atomic E-state index is 5.22. The van der Waals surface area contributed by atoms with Crippen LogP contribution in [0.3, 0.4) is 0 Å². The highest BCUT2D eigenvalue weighted by atomic mass is 32.1. The number of H-pyrrole nitrogens is 1. The molecule has 0 aromatic carbocycles. The fourth-order valence-electron chi connectivity index (χ4n) is 1.84. The molecule has 0 spiro atoms. The van der Waals surface area contributed by atoms with Gasteiger partial charge in [0.05, 0.1) is 13.2 Å². The van der Waals surface area contributed by atoms with Crippen LogP contribution in [0.15, 0.2) is 12.1 Å². The van der Waals surface area contributed by atoms with E-state index >= 15 is 0 Å². The second-order valence-corrected chi connectivity index (χ2v) is 4.47. The summed E-state index contributed by atoms with van der Waals surface area (Å²) in [5.41, 5.74) is 2.93. The molecule has 0 unspecified atom stereocenters. The first-order valence-electron chi connectivity index (χ1n) is 5.72. The van der Waals surface area contributed by atoms with Gasteiger partial charge in [0.15, 0.2) is 10.6 Å². The molecule has 96 valence electrons. The van der Waals surface area contributed by atoms with E-state index in [-0.39, 0.29) is 0 Å². The summed E-state index contributed by atoms with van der Waals surface area (Å²) in [5, 5.41) is 7.10. The van der Waals surface area contributed by atoms with Crippen LogP contribution in [0, 0.1) is 18.6 Å². The van der Waals surface area contributed by atoms with Crippen molar-refractivity contribution in [1.29, 1.82) is 0 Å². The topological polar surface area (TPSA) is 55.7 Å². The van der Waals surface area contributed by atoms with Crippen LogP contribution >= 0.6 is 12.2 Å². The van der Waals surface area contributed by atoms with Crippen molar-refractivity contribution in [2.24, 2.45) is 0 Å². The molecular formula is C12H16N4OS. The highest BCUT2D eigenvalue weighted by molar-refractivity contribution is 7.71. The van der Waals surface area contributed by atoms with Gasteiger partial charge in [0.2, 0.25) is 0 Å². The smallest absolute Gasteiger partial charge is 0.195 e. The van der Waals surface area contributed by atoms with Crippen LogP contribution in [0.1, 0.15) is 11.4 Å². The van der Waals surface area contributed by atoms with E-state index in [9.17, 15) is 0 Å². The van der Waals surface area contributed by atoms with E-state index in [4.69, 9.17) is 17.0 Å². The Morgan fingerprint density at radius 2 is 2.17 bits per heavy atom. The van der Waals surface area contributed by atoms with Gasteiger partial charge in [-0.2, -0.15) is 5.10 Å². The molecule has 1 N–H and O–H groups in total. The van der Waals surface area contributed by atoms with Gasteiger partial charge in [-0.1, -0.05) is 0 Å². The van der Waals surface area contributed by atoms with E-state index < -0.39 is 0 Å². The molecule has 6 heteroatoms. The van der Waals surface area contributed by atoms with Gasteiger partial charge < -0.3 is 4.74 Å². The molecule has 0 atom stereocenters. The molecule has 5 nitrogen and oxygen atoms in total. The van der Waals surface area contributed by atoms with Gasteiger partial charge in [0.25, 0.3) is 0 Å². The number of hydrogen-bond acceptors (Lipinski definition) is 4. The number of ether oxygens (including phenoxy) is 1. The second-order valence-electron chi connectivity index (χ2n) is 4.08. The molecule has 2 heterocycles. The molecule has 2 aromatic heterocycles. The number of aromatic nitrogens is 4. The fourth-order valence-corrected chi connectivity index (χ4v) is 2.06. The molecule has 2 aromatic rings. The SMILES string of the molecule is COCCn1c(-c2ccc(C)nc2C)n[nH]c1=S. The average molecular weight is 264 g/mol. The second kappa shape index (κ2) is 5.41. The van der Waals surface area contributed by atoms with Crippen molar-refractivity contribution in [3.8, 4) is 11.4 Å². The number of nitrogens with zero attached hydrogens (tertiary/aromatic N) is 3. The summed E-state index contributed by atoms with van der Waals surface area (Å²) in [7, 11) is 1.67. The first kappa shape index (κ1) is 12.9. The zero-order chi connectivity index (χ0) is 13.1. The van der Waals surface area contributed by atoms with E-state index in [2.05, 4.69) is 15.2 Å². The van der Waals surface area contributed by atoms with Crippen LogP contribution in [0.2, 0.25) is 0 Å². The molecule has 0 amide bonds. The van der Waals surface area contributed by atoms with Gasteiger partial charge in [-0.05, 0) is 38.2 Å². The Hall–Kier alpha value is -1.53. The lowest BCUT2D eigenvalue weighted by molar-refractivity contribution is 0.187. The van der Waals surface area contributed by atoms with Gasteiger partial charge in [0.1, 0.15) is 0 Å². The Labute approximate surface area is 111 Å². The molecule has 0 saturated heterocycles. The predicted molar refractivity (Wildman–Crippen MR) is 72.0 cm³/mol. The number of pyridine rings is 1. The van der Waals surface area contributed by atoms with Crippen molar-refractivity contribution in [2.45, 2.75) is 20.4 Å². The summed E-state index contributed by atoms with van der Waals surface area (Å²) in [6.45, 7) is 5.22. The van der Waals surface area contributed by atoms with Crippen LogP contribution in [-0.2, 0) is 11.3 Å². The summed E-state index contributed by atoms with van der Waals surface area (Å²) in [6.07, 6.45) is 0. The van der Waals surface area contributed by atoms with Crippen molar-refractivity contribution < 1.29 is 4.74 Å². The van der Waals surface area contributed by atoms with Gasteiger partial charge in [-0.3, -0.25) is 14.6 Å². The van der Waals surface area contributed by atoms with E-state index in [0.29, 0.717) is 17.9 Å². The molecule has 0 saturated carbocycles. The molecular weight excluding hydrogens is 248 g/mol. The van der Waals surface area contributed by atoms with Crippen molar-refractivity contribution in [3.63, 3.8) is 0 Å². The number of rotatable bonds is 4. The summed E-state index contributed by atoms with van der Waals surface area (Å²) < 4.78 is 7.61. The normalized spacial score (nSPS) is 10.8. The predicted octanol–water partition coefficient (Wildman–Crippen LogP) is 2.27. The van der Waals surface area contributed by atoms with Gasteiger partial charge >= 0.3 is 0 Å². The van der Waals surface area contributed by atoms with Gasteiger partial charge in [-0.25, -0.2) is 0 Å². The van der Waals surface area contributed by atoms with Crippen LogP contribution in [0.4, 0.5) is 0 Å². The minimum Gasteiger partial charge on any atom is -0.383 e. The number of hydrogen-bond donors (Lipinski definition) is 1. The van der Waals surface area contributed by atoms with Crippen LogP contribution < -0.4 is 0 Å². The zero-order valence-electron chi connectivity index (χ0n) is 10.7. The molecule has 0 fully saturated rings. The van der Waals surface area contributed by atoms with Crippen LogP contribution in [0.5, 0.6) is 0 Å². The van der Waals surface area contributed by atoms with Crippen molar-refractivity contribution in [2.75, 3.05) is 13.7 Å². The maximum atomic E-state index is 5.22. The molecule has 0 radical (unpaired) electrons. The number of aryl methyl sites for hydroxylation is 2. The number of nitrogens with one attached hydrogen (secondary N) is 1. The highest BCUT2D eigenvalue weighted by Crippen LogP contribution is 2.20. The van der Waals surface area contributed by atoms with Crippen molar-refractivity contribution in [3.05, 3.63) is 28.3 Å². The lowest BCUT2D eigenvalue weighted by Crippen LogP contribution is -2.07. The van der Waals surface area contributed by atoms with Gasteiger partial charge in [-0.15, -0.1) is 0 Å².